The molecule has 0 unspecified atom stereocenters. The summed E-state index contributed by atoms with van der Waals surface area (Å²) in [6.45, 7) is 4.37. The van der Waals surface area contributed by atoms with Gasteiger partial charge in [-0.2, -0.15) is 5.10 Å². The molecule has 0 spiro atoms. The Morgan fingerprint density at radius 3 is 2.62 bits per heavy atom. The lowest BCUT2D eigenvalue weighted by Crippen LogP contribution is -2.14. The molecule has 0 aliphatic carbocycles. The number of hydrogen-bond donors (Lipinski definition) is 1. The second-order valence-corrected chi connectivity index (χ2v) is 6.71. The molecule has 26 heavy (non-hydrogen) atoms. The third-order valence-corrected chi connectivity index (χ3v) is 5.14. The van der Waals surface area contributed by atoms with E-state index in [1.54, 1.807) is 18.2 Å². The highest BCUT2D eigenvalue weighted by Gasteiger charge is 2.12. The molecule has 0 fully saturated rings. The van der Waals surface area contributed by atoms with Gasteiger partial charge in [-0.25, -0.2) is 8.78 Å². The first-order chi connectivity index (χ1) is 12.3. The Hall–Kier alpha value is -2.54. The molecule has 1 N–H and O–H groups in total. The van der Waals surface area contributed by atoms with Crippen LogP contribution in [0, 0.1) is 25.5 Å². The molecule has 0 saturated carbocycles. The zero-order valence-electron chi connectivity index (χ0n) is 14.2. The van der Waals surface area contributed by atoms with Crippen LogP contribution in [0.4, 0.5) is 14.5 Å². The number of carbonyl (C=O) groups excluding carboxylic acids is 1. The van der Waals surface area contributed by atoms with Gasteiger partial charge >= 0.3 is 0 Å². The predicted molar refractivity (Wildman–Crippen MR) is 99.3 cm³/mol. The maximum absolute atomic E-state index is 13.7. The summed E-state index contributed by atoms with van der Waals surface area (Å²) >= 11 is 3.49. The molecule has 1 amide bonds. The van der Waals surface area contributed by atoms with Crippen molar-refractivity contribution in [2.24, 2.45) is 0 Å². The summed E-state index contributed by atoms with van der Waals surface area (Å²) < 4.78 is 29.5. The van der Waals surface area contributed by atoms with Gasteiger partial charge in [0, 0.05) is 11.6 Å². The third-order valence-electron chi connectivity index (χ3n) is 3.99. The largest absolute Gasteiger partial charge is 0.319 e. The molecule has 3 rings (SSSR count). The lowest BCUT2D eigenvalue weighted by atomic mass is 10.1. The van der Waals surface area contributed by atoms with Crippen molar-refractivity contribution in [3.8, 4) is 0 Å². The number of aromatic nitrogens is 2. The first-order valence-corrected chi connectivity index (χ1v) is 8.69. The van der Waals surface area contributed by atoms with E-state index in [-0.39, 0.29) is 5.69 Å². The second-order valence-electron chi connectivity index (χ2n) is 5.92. The first kappa shape index (κ1) is 18.3. The van der Waals surface area contributed by atoms with Crippen molar-refractivity contribution in [1.29, 1.82) is 0 Å². The zero-order chi connectivity index (χ0) is 18.8. The highest BCUT2D eigenvalue weighted by molar-refractivity contribution is 9.10. The van der Waals surface area contributed by atoms with Crippen molar-refractivity contribution < 1.29 is 13.6 Å². The molecule has 4 nitrogen and oxygen atoms in total. The molecule has 0 atom stereocenters. The second kappa shape index (κ2) is 7.37. The fourth-order valence-corrected chi connectivity index (χ4v) is 2.88. The number of hydrogen-bond acceptors (Lipinski definition) is 2. The minimum atomic E-state index is -0.818. The number of carbonyl (C=O) groups is 1. The van der Waals surface area contributed by atoms with Crippen LogP contribution in [0.25, 0.3) is 0 Å². The molecule has 134 valence electrons. The normalized spacial score (nSPS) is 10.8. The standard InChI is InChI=1S/C19H16BrF2N3O/c1-11-18(20)12(2)25(24-11)10-13-4-3-5-14(8-13)19(26)23-17-7-6-15(21)9-16(17)22/h3-9H,10H2,1-2H3,(H,23,26). The Labute approximate surface area is 158 Å². The van der Waals surface area contributed by atoms with Crippen LogP contribution in [0.2, 0.25) is 0 Å². The van der Waals surface area contributed by atoms with Crippen LogP contribution in [0.3, 0.4) is 0 Å². The number of benzene rings is 2. The molecule has 0 aliphatic rings. The van der Waals surface area contributed by atoms with Gasteiger partial charge in [0.2, 0.25) is 0 Å². The van der Waals surface area contributed by atoms with Crippen LogP contribution in [0.1, 0.15) is 27.3 Å². The number of anilines is 1. The van der Waals surface area contributed by atoms with E-state index in [4.69, 9.17) is 0 Å². The summed E-state index contributed by atoms with van der Waals surface area (Å²) in [7, 11) is 0. The van der Waals surface area contributed by atoms with Gasteiger partial charge in [-0.15, -0.1) is 0 Å². The van der Waals surface area contributed by atoms with E-state index in [0.717, 1.165) is 33.6 Å². The van der Waals surface area contributed by atoms with Gasteiger partial charge in [0.25, 0.3) is 5.91 Å². The van der Waals surface area contributed by atoms with Crippen molar-refractivity contribution in [1.82, 2.24) is 9.78 Å². The van der Waals surface area contributed by atoms with E-state index in [9.17, 15) is 13.6 Å². The van der Waals surface area contributed by atoms with Crippen molar-refractivity contribution >= 4 is 27.5 Å². The minimum absolute atomic E-state index is 0.0655. The topological polar surface area (TPSA) is 46.9 Å². The lowest BCUT2D eigenvalue weighted by Gasteiger charge is -2.09. The Bertz CT molecular complexity index is 985. The van der Waals surface area contributed by atoms with Crippen molar-refractivity contribution in [2.45, 2.75) is 20.4 Å². The monoisotopic (exact) mass is 419 g/mol. The van der Waals surface area contributed by atoms with Crippen molar-refractivity contribution in [3.05, 3.63) is 81.1 Å². The molecular formula is C19H16BrF2N3O. The SMILES string of the molecule is Cc1nn(Cc2cccc(C(=O)Nc3ccc(F)cc3F)c2)c(C)c1Br. The molecule has 0 radical (unpaired) electrons. The maximum Gasteiger partial charge on any atom is 0.255 e. The lowest BCUT2D eigenvalue weighted by molar-refractivity contribution is 0.102. The van der Waals surface area contributed by atoms with E-state index in [2.05, 4.69) is 26.3 Å². The maximum atomic E-state index is 13.7. The van der Waals surface area contributed by atoms with Gasteiger partial charge in [-0.05, 0) is 59.6 Å². The summed E-state index contributed by atoms with van der Waals surface area (Å²) in [6.07, 6.45) is 0. The van der Waals surface area contributed by atoms with Crippen LogP contribution in [-0.2, 0) is 6.54 Å². The summed E-state index contributed by atoms with van der Waals surface area (Å²) in [5.74, 6) is -1.98. The molecule has 1 aromatic heterocycles. The van der Waals surface area contributed by atoms with Gasteiger partial charge < -0.3 is 5.32 Å². The number of nitrogens with one attached hydrogen (secondary N) is 1. The van der Waals surface area contributed by atoms with Crippen LogP contribution < -0.4 is 5.32 Å². The van der Waals surface area contributed by atoms with E-state index in [0.29, 0.717) is 12.1 Å². The summed E-state index contributed by atoms with van der Waals surface area (Å²) in [5, 5.41) is 6.91. The third kappa shape index (κ3) is 3.83. The fourth-order valence-electron chi connectivity index (χ4n) is 2.60. The van der Waals surface area contributed by atoms with Gasteiger partial charge in [0.15, 0.2) is 0 Å². The smallest absolute Gasteiger partial charge is 0.255 e. The van der Waals surface area contributed by atoms with Crippen LogP contribution in [0.5, 0.6) is 0 Å². The van der Waals surface area contributed by atoms with E-state index in [1.807, 2.05) is 24.6 Å². The molecular weight excluding hydrogens is 404 g/mol. The predicted octanol–water partition coefficient (Wildman–Crippen LogP) is 4.84. The summed E-state index contributed by atoms with van der Waals surface area (Å²) in [4.78, 5) is 12.4. The van der Waals surface area contributed by atoms with E-state index < -0.39 is 17.5 Å². The quantitative estimate of drug-likeness (QED) is 0.657. The molecule has 2 aromatic carbocycles. The zero-order valence-corrected chi connectivity index (χ0v) is 15.8. The Kier molecular flexibility index (Phi) is 5.18. The van der Waals surface area contributed by atoms with Crippen molar-refractivity contribution in [3.63, 3.8) is 0 Å². The average Bonchev–Trinajstić information content (AvgIpc) is 2.84. The molecule has 0 aliphatic heterocycles. The Morgan fingerprint density at radius 2 is 1.96 bits per heavy atom. The number of amides is 1. The highest BCUT2D eigenvalue weighted by Crippen LogP contribution is 2.21. The first-order valence-electron chi connectivity index (χ1n) is 7.90. The van der Waals surface area contributed by atoms with Crippen LogP contribution >= 0.6 is 15.9 Å². The van der Waals surface area contributed by atoms with Crippen LogP contribution in [-0.4, -0.2) is 15.7 Å². The average molecular weight is 420 g/mol. The van der Waals surface area contributed by atoms with Gasteiger partial charge in [-0.3, -0.25) is 9.48 Å². The Balaban J connectivity index is 1.80. The van der Waals surface area contributed by atoms with E-state index >= 15 is 0 Å². The van der Waals surface area contributed by atoms with Gasteiger partial charge in [0.05, 0.1) is 28.1 Å². The van der Waals surface area contributed by atoms with Crippen molar-refractivity contribution in [2.75, 3.05) is 5.32 Å². The van der Waals surface area contributed by atoms with Gasteiger partial charge in [-0.1, -0.05) is 12.1 Å². The van der Waals surface area contributed by atoms with Crippen LogP contribution in [0.15, 0.2) is 46.9 Å². The molecule has 0 bridgehead atoms. The number of rotatable bonds is 4. The Morgan fingerprint density at radius 1 is 1.19 bits per heavy atom. The molecule has 1 heterocycles. The van der Waals surface area contributed by atoms with E-state index in [1.165, 1.54) is 6.07 Å². The summed E-state index contributed by atoms with van der Waals surface area (Å²) in [5.41, 5.74) is 3.08. The number of aryl methyl sites for hydroxylation is 1. The number of halogens is 3. The molecule has 7 heteroatoms. The highest BCUT2D eigenvalue weighted by atomic mass is 79.9. The summed E-state index contributed by atoms with van der Waals surface area (Å²) in [6, 6.07) is 10.0. The molecule has 3 aromatic rings. The fraction of sp³-hybridized carbons (Fsp3) is 0.158. The molecule has 0 saturated heterocycles. The van der Waals surface area contributed by atoms with Gasteiger partial charge in [0.1, 0.15) is 11.6 Å². The minimum Gasteiger partial charge on any atom is -0.319 e. The number of nitrogens with zero attached hydrogens (tertiary/aromatic N) is 2.